The molecule has 4 aromatic rings. The fourth-order valence-corrected chi connectivity index (χ4v) is 9.01. The molecule has 2 aromatic heterocycles. The molecule has 2 N–H and O–H groups in total. The molecule has 4 fully saturated rings. The predicted molar refractivity (Wildman–Crippen MR) is 192 cm³/mol. The largest absolute Gasteiger partial charge is 0.508 e. The van der Waals surface area contributed by atoms with Crippen molar-refractivity contribution in [3.63, 3.8) is 0 Å². The molecule has 0 spiro atoms. The van der Waals surface area contributed by atoms with E-state index >= 15 is 8.78 Å². The summed E-state index contributed by atoms with van der Waals surface area (Å²) in [7, 11) is 4.80. The number of piperazine rings is 1. The van der Waals surface area contributed by atoms with Crippen molar-refractivity contribution in [2.24, 2.45) is 0 Å². The number of phenolic OH excluding ortho intramolecular Hbond substituents is 1. The molecule has 4 aliphatic rings. The monoisotopic (exact) mass is 717 g/mol. The molecular weight excluding hydrogens is 672 g/mol. The van der Waals surface area contributed by atoms with Crippen molar-refractivity contribution >= 4 is 33.6 Å². The van der Waals surface area contributed by atoms with Crippen LogP contribution in [0.25, 0.3) is 32.9 Å². The normalized spacial score (nSPS) is 24.1. The summed E-state index contributed by atoms with van der Waals surface area (Å²) >= 11 is 0. The Morgan fingerprint density at radius 2 is 1.87 bits per heavy atom. The van der Waals surface area contributed by atoms with E-state index in [1.165, 1.54) is 30.2 Å². The Balaban J connectivity index is 1.22. The van der Waals surface area contributed by atoms with Gasteiger partial charge in [-0.3, -0.25) is 4.90 Å². The van der Waals surface area contributed by atoms with Crippen LogP contribution in [0.1, 0.15) is 51.0 Å². The zero-order valence-corrected chi connectivity index (χ0v) is 30.0. The number of anilines is 1. The number of fused-ring (bicyclic) bond motifs is 5. The number of rotatable bonds is 9. The summed E-state index contributed by atoms with van der Waals surface area (Å²) in [6.45, 7) is 4.60. The maximum atomic E-state index is 17.2. The number of hydrogen-bond donors (Lipinski definition) is 2. The summed E-state index contributed by atoms with van der Waals surface area (Å²) in [5.41, 5.74) is 0.192. The fourth-order valence-electron chi connectivity index (χ4n) is 9.01. The number of aryl methyl sites for hydroxylation is 1. The third-order valence-corrected chi connectivity index (χ3v) is 11.5. The fraction of sp³-hybridized carbons (Fsp3) is 0.526. The van der Waals surface area contributed by atoms with Gasteiger partial charge in [0, 0.05) is 50.9 Å². The average molecular weight is 718 g/mol. The molecule has 6 heterocycles. The minimum absolute atomic E-state index is 0.0284. The molecule has 276 valence electrons. The van der Waals surface area contributed by atoms with Crippen molar-refractivity contribution in [2.75, 3.05) is 59.0 Å². The van der Waals surface area contributed by atoms with Crippen LogP contribution in [-0.2, 0) is 11.2 Å². The second kappa shape index (κ2) is 13.4. The Kier molecular flexibility index (Phi) is 8.93. The number of carbonyl (C=O) groups excluding carboxylic acids is 1. The van der Waals surface area contributed by atoms with Gasteiger partial charge in [-0.15, -0.1) is 0 Å². The predicted octanol–water partition coefficient (Wildman–Crippen LogP) is 5.41. The molecule has 14 heteroatoms. The summed E-state index contributed by atoms with van der Waals surface area (Å²) in [5.74, 6) is -0.669. The van der Waals surface area contributed by atoms with Gasteiger partial charge in [-0.1, -0.05) is 13.0 Å². The minimum atomic E-state index is -0.745. The summed E-state index contributed by atoms with van der Waals surface area (Å²) in [6.07, 6.45) is 5.65. The van der Waals surface area contributed by atoms with Crippen LogP contribution in [0.15, 0.2) is 24.3 Å². The number of nitrogens with zero attached hydrogens (tertiary/aromatic N) is 6. The lowest BCUT2D eigenvalue weighted by atomic mass is 9.94. The lowest BCUT2D eigenvalue weighted by Gasteiger charge is -2.35. The summed E-state index contributed by atoms with van der Waals surface area (Å²) in [5, 5.41) is 15.7. The number of methoxy groups -OCH3 is 1. The van der Waals surface area contributed by atoms with Crippen molar-refractivity contribution < 1.29 is 32.9 Å². The molecule has 4 atom stereocenters. The van der Waals surface area contributed by atoms with E-state index in [4.69, 9.17) is 24.2 Å². The molecule has 2 bridgehead atoms. The molecule has 52 heavy (non-hydrogen) atoms. The van der Waals surface area contributed by atoms with Gasteiger partial charge in [-0.25, -0.2) is 18.6 Å². The van der Waals surface area contributed by atoms with Crippen LogP contribution in [-0.4, -0.2) is 114 Å². The van der Waals surface area contributed by atoms with Crippen molar-refractivity contribution in [3.05, 3.63) is 41.5 Å². The minimum Gasteiger partial charge on any atom is -0.508 e. The molecule has 2 aromatic carbocycles. The molecule has 0 saturated carbocycles. The Labute approximate surface area is 301 Å². The van der Waals surface area contributed by atoms with Crippen molar-refractivity contribution in [1.82, 2.24) is 30.1 Å². The number of aromatic nitrogens is 3. The first-order valence-corrected chi connectivity index (χ1v) is 18.2. The summed E-state index contributed by atoms with van der Waals surface area (Å²) < 4.78 is 50.3. The first kappa shape index (κ1) is 34.5. The topological polar surface area (TPSA) is 125 Å². The van der Waals surface area contributed by atoms with Crippen LogP contribution in [0.3, 0.4) is 0 Å². The molecule has 8 rings (SSSR count). The van der Waals surface area contributed by atoms with Crippen LogP contribution < -0.4 is 19.7 Å². The van der Waals surface area contributed by atoms with E-state index < -0.39 is 11.6 Å². The van der Waals surface area contributed by atoms with Gasteiger partial charge < -0.3 is 34.4 Å². The van der Waals surface area contributed by atoms with Crippen molar-refractivity contribution in [1.29, 1.82) is 0 Å². The summed E-state index contributed by atoms with van der Waals surface area (Å²) in [6, 6.07) is 6.50. The number of pyridine rings is 1. The smallest absolute Gasteiger partial charge is 0.409 e. The first-order chi connectivity index (χ1) is 25.1. The van der Waals surface area contributed by atoms with E-state index in [1.807, 2.05) is 6.92 Å². The third-order valence-electron chi connectivity index (χ3n) is 11.5. The highest BCUT2D eigenvalue weighted by atomic mass is 19.1. The van der Waals surface area contributed by atoms with E-state index in [9.17, 15) is 9.90 Å². The van der Waals surface area contributed by atoms with Gasteiger partial charge in [0.1, 0.15) is 47.2 Å². The van der Waals surface area contributed by atoms with Gasteiger partial charge in [-0.2, -0.15) is 9.97 Å². The van der Waals surface area contributed by atoms with Gasteiger partial charge in [0.2, 0.25) is 5.88 Å². The lowest BCUT2D eigenvalue weighted by molar-refractivity contribution is 0.0484. The number of phenols is 1. The zero-order chi connectivity index (χ0) is 36.3. The first-order valence-electron chi connectivity index (χ1n) is 18.2. The van der Waals surface area contributed by atoms with Crippen LogP contribution >= 0.6 is 0 Å². The number of carbonyl (C=O) groups is 1. The van der Waals surface area contributed by atoms with Crippen LogP contribution in [0.4, 0.5) is 19.4 Å². The van der Waals surface area contributed by atoms with Gasteiger partial charge in [0.25, 0.3) is 0 Å². The van der Waals surface area contributed by atoms with Crippen LogP contribution in [0, 0.1) is 11.6 Å². The second-order valence-electron chi connectivity index (χ2n) is 14.8. The molecule has 4 saturated heterocycles. The highest BCUT2D eigenvalue weighted by Gasteiger charge is 2.50. The lowest BCUT2D eigenvalue weighted by Crippen LogP contribution is -2.51. The Hall–Kier alpha value is -4.56. The van der Waals surface area contributed by atoms with E-state index in [2.05, 4.69) is 20.1 Å². The highest BCUT2D eigenvalue weighted by molar-refractivity contribution is 6.03. The van der Waals surface area contributed by atoms with E-state index in [0.29, 0.717) is 53.7 Å². The van der Waals surface area contributed by atoms with Crippen molar-refractivity contribution in [2.45, 2.75) is 75.5 Å². The Morgan fingerprint density at radius 3 is 2.60 bits per heavy atom. The number of amides is 1. The molecule has 4 aliphatic heterocycles. The number of aromatic hydroxyl groups is 1. The number of halogens is 2. The van der Waals surface area contributed by atoms with E-state index in [1.54, 1.807) is 20.2 Å². The van der Waals surface area contributed by atoms with Gasteiger partial charge in [0.05, 0.1) is 12.6 Å². The molecule has 2 unspecified atom stereocenters. The van der Waals surface area contributed by atoms with Gasteiger partial charge in [-0.05, 0) is 86.0 Å². The number of benzene rings is 2. The maximum absolute atomic E-state index is 17.2. The number of ether oxygens (including phenoxy) is 3. The quantitative estimate of drug-likeness (QED) is 0.231. The Morgan fingerprint density at radius 1 is 1.08 bits per heavy atom. The standard InChI is InChI=1S/C38H45F2N7O5/c1-5-26-28(39)10-7-21-15-25(48)16-27(29(21)26)32-31(40)33-30(35(42-32)50-4)34(46-17-22-8-9-23(18-46)41-22)44-36(43-33)52-20-38-12-6-14-47(38)24(11-13-38)19-51-37(49)45(2)3/h7,10,15-16,22-24,41,48H,5-6,8-9,11-14,17-20H2,1-4H3/t22?,23?,24-,38-/m1/s1. The van der Waals surface area contributed by atoms with Crippen LogP contribution in [0.2, 0.25) is 0 Å². The summed E-state index contributed by atoms with van der Waals surface area (Å²) in [4.78, 5) is 32.5. The van der Waals surface area contributed by atoms with E-state index in [0.717, 1.165) is 45.1 Å². The Bertz CT molecular complexity index is 2040. The molecule has 0 radical (unpaired) electrons. The zero-order valence-electron chi connectivity index (χ0n) is 30.0. The van der Waals surface area contributed by atoms with Crippen LogP contribution in [0.5, 0.6) is 17.6 Å². The van der Waals surface area contributed by atoms with Crippen molar-refractivity contribution in [3.8, 4) is 28.9 Å². The average Bonchev–Trinajstić information content (AvgIpc) is 3.82. The molecule has 12 nitrogen and oxygen atoms in total. The number of hydrogen-bond acceptors (Lipinski definition) is 11. The number of nitrogens with one attached hydrogen (secondary N) is 1. The van der Waals surface area contributed by atoms with Gasteiger partial charge in [0.15, 0.2) is 5.82 Å². The second-order valence-corrected chi connectivity index (χ2v) is 14.8. The van der Waals surface area contributed by atoms with Gasteiger partial charge >= 0.3 is 12.1 Å². The molecule has 1 amide bonds. The highest BCUT2D eigenvalue weighted by Crippen LogP contribution is 2.45. The third kappa shape index (κ3) is 5.89. The maximum Gasteiger partial charge on any atom is 0.409 e. The molecule has 0 aliphatic carbocycles. The molecular formula is C38H45F2N7O5. The van der Waals surface area contributed by atoms with E-state index in [-0.39, 0.29) is 70.8 Å². The SMILES string of the molecule is CCc1c(F)ccc2cc(O)cc(-c3nc(OC)c4c(N5CC6CCC(C5)N6)nc(OC[C@]56CCCN5[C@@H](COC(=O)N(C)C)CC6)nc4c3F)c12.